The molecule has 2 aromatic carbocycles. The third-order valence-electron chi connectivity index (χ3n) is 4.38. The molecule has 0 atom stereocenters. The predicted molar refractivity (Wildman–Crippen MR) is 113 cm³/mol. The number of rotatable bonds is 5. The van der Waals surface area contributed by atoms with Crippen LogP contribution in [0.5, 0.6) is 11.5 Å². The fourth-order valence-electron chi connectivity index (χ4n) is 2.92. The van der Waals surface area contributed by atoms with Gasteiger partial charge in [-0.2, -0.15) is 4.98 Å². The van der Waals surface area contributed by atoms with Crippen molar-refractivity contribution in [1.29, 1.82) is 0 Å². The molecule has 2 aromatic heterocycles. The zero-order valence-corrected chi connectivity index (χ0v) is 16.7. The number of carbonyl (C=O) groups excluding carboxylic acids is 1. The topological polar surface area (TPSA) is 138 Å². The van der Waals surface area contributed by atoms with E-state index in [1.54, 1.807) is 31.4 Å². The molecule has 0 aliphatic heterocycles. The molecule has 30 heavy (non-hydrogen) atoms. The van der Waals surface area contributed by atoms with Gasteiger partial charge in [-0.15, -0.1) is 5.10 Å². The van der Waals surface area contributed by atoms with Crippen LogP contribution < -0.4 is 20.3 Å². The standard InChI is InChI=1S/C19H16N6O4S/c1-28-10-4-6-12(14(8-10)29-2)15-21-18(25-24-15)22-16(26)9-3-5-11-13(7-9)20-19(30)23-17(11)27/h3-8H,1-2H3,(H2,20,23,27,30)(H2,21,22,24,25,26). The Balaban J connectivity index is 1.60. The predicted octanol–water partition coefficient (Wildman–Crippen LogP) is 2.64. The lowest BCUT2D eigenvalue weighted by Crippen LogP contribution is -2.14. The van der Waals surface area contributed by atoms with Gasteiger partial charge in [-0.25, -0.2) is 0 Å². The molecule has 0 radical (unpaired) electrons. The molecule has 2 heterocycles. The number of aromatic nitrogens is 5. The molecule has 152 valence electrons. The number of aromatic amines is 3. The van der Waals surface area contributed by atoms with Crippen molar-refractivity contribution in [3.63, 3.8) is 0 Å². The highest BCUT2D eigenvalue weighted by molar-refractivity contribution is 7.71. The molecular formula is C19H16N6O4S. The molecule has 4 rings (SSSR count). The summed E-state index contributed by atoms with van der Waals surface area (Å²) in [6.07, 6.45) is 0. The number of fused-ring (bicyclic) bond motifs is 1. The maximum absolute atomic E-state index is 12.6. The van der Waals surface area contributed by atoms with E-state index in [2.05, 4.69) is 30.5 Å². The van der Waals surface area contributed by atoms with Crippen molar-refractivity contribution in [3.05, 3.63) is 57.1 Å². The molecule has 0 saturated heterocycles. The third-order valence-corrected chi connectivity index (χ3v) is 4.58. The summed E-state index contributed by atoms with van der Waals surface area (Å²) < 4.78 is 10.7. The van der Waals surface area contributed by atoms with Crippen molar-refractivity contribution in [3.8, 4) is 22.9 Å². The molecule has 0 aliphatic rings. The van der Waals surface area contributed by atoms with Crippen LogP contribution in [0.4, 0.5) is 5.95 Å². The second-order valence-electron chi connectivity index (χ2n) is 6.20. The fraction of sp³-hybridized carbons (Fsp3) is 0.105. The first kappa shape index (κ1) is 19.3. The molecule has 0 saturated carbocycles. The van der Waals surface area contributed by atoms with Crippen LogP contribution in [0.2, 0.25) is 0 Å². The van der Waals surface area contributed by atoms with Crippen LogP contribution in [-0.4, -0.2) is 45.3 Å². The number of methoxy groups -OCH3 is 2. The van der Waals surface area contributed by atoms with E-state index in [4.69, 9.17) is 21.7 Å². The Morgan fingerprint density at radius 2 is 1.93 bits per heavy atom. The van der Waals surface area contributed by atoms with Crippen LogP contribution in [0, 0.1) is 4.77 Å². The SMILES string of the molecule is COc1ccc(-c2nc(NC(=O)c3ccc4c(=O)[nH]c(=S)[nH]c4c3)n[nH]2)c(OC)c1. The number of nitrogens with one attached hydrogen (secondary N) is 4. The Labute approximate surface area is 174 Å². The molecular weight excluding hydrogens is 408 g/mol. The van der Waals surface area contributed by atoms with Gasteiger partial charge in [0.25, 0.3) is 11.5 Å². The lowest BCUT2D eigenvalue weighted by atomic mass is 10.1. The third kappa shape index (κ3) is 3.65. The molecule has 0 spiro atoms. The van der Waals surface area contributed by atoms with E-state index in [0.29, 0.717) is 39.4 Å². The second-order valence-corrected chi connectivity index (χ2v) is 6.60. The zero-order valence-electron chi connectivity index (χ0n) is 15.9. The second kappa shape index (κ2) is 7.79. The average Bonchev–Trinajstić information content (AvgIpc) is 3.20. The summed E-state index contributed by atoms with van der Waals surface area (Å²) in [5, 5.41) is 9.82. The minimum Gasteiger partial charge on any atom is -0.497 e. The van der Waals surface area contributed by atoms with E-state index in [0.717, 1.165) is 0 Å². The average molecular weight is 424 g/mol. The number of nitrogens with zero attached hydrogens (tertiary/aromatic N) is 2. The van der Waals surface area contributed by atoms with Crippen LogP contribution in [0.1, 0.15) is 10.4 Å². The van der Waals surface area contributed by atoms with E-state index in [1.807, 2.05) is 0 Å². The lowest BCUT2D eigenvalue weighted by Gasteiger charge is -2.07. The molecule has 0 unspecified atom stereocenters. The van der Waals surface area contributed by atoms with Crippen LogP contribution in [0.15, 0.2) is 41.2 Å². The molecule has 0 bridgehead atoms. The van der Waals surface area contributed by atoms with Gasteiger partial charge in [0.1, 0.15) is 11.5 Å². The quantitative estimate of drug-likeness (QED) is 0.361. The largest absolute Gasteiger partial charge is 0.497 e. The van der Waals surface area contributed by atoms with E-state index in [-0.39, 0.29) is 16.3 Å². The minimum atomic E-state index is -0.441. The van der Waals surface area contributed by atoms with Gasteiger partial charge < -0.3 is 14.5 Å². The number of carbonyl (C=O) groups is 1. The van der Waals surface area contributed by atoms with E-state index in [9.17, 15) is 9.59 Å². The first-order valence-electron chi connectivity index (χ1n) is 8.71. The van der Waals surface area contributed by atoms with Crippen LogP contribution >= 0.6 is 12.2 Å². The Kier molecular flexibility index (Phi) is 5.02. The number of ether oxygens (including phenoxy) is 2. The summed E-state index contributed by atoms with van der Waals surface area (Å²) in [4.78, 5) is 34.2. The molecule has 10 nitrogen and oxygen atoms in total. The number of anilines is 1. The van der Waals surface area contributed by atoms with Crippen molar-refractivity contribution >= 4 is 35.0 Å². The van der Waals surface area contributed by atoms with E-state index < -0.39 is 5.91 Å². The van der Waals surface area contributed by atoms with Crippen LogP contribution in [0.3, 0.4) is 0 Å². The summed E-state index contributed by atoms with van der Waals surface area (Å²) >= 11 is 4.97. The highest BCUT2D eigenvalue weighted by atomic mass is 32.1. The Morgan fingerprint density at radius 1 is 1.10 bits per heavy atom. The zero-order chi connectivity index (χ0) is 21.3. The van der Waals surface area contributed by atoms with E-state index in [1.165, 1.54) is 19.2 Å². The summed E-state index contributed by atoms with van der Waals surface area (Å²) in [6, 6.07) is 9.86. The van der Waals surface area contributed by atoms with E-state index >= 15 is 0 Å². The number of amides is 1. The fourth-order valence-corrected chi connectivity index (χ4v) is 3.12. The lowest BCUT2D eigenvalue weighted by molar-refractivity contribution is 0.102. The van der Waals surface area contributed by atoms with Gasteiger partial charge in [0.15, 0.2) is 10.6 Å². The van der Waals surface area contributed by atoms with Gasteiger partial charge in [0.05, 0.1) is 30.7 Å². The Hall–Kier alpha value is -3.99. The molecule has 11 heteroatoms. The smallest absolute Gasteiger partial charge is 0.259 e. The van der Waals surface area contributed by atoms with Gasteiger partial charge >= 0.3 is 0 Å². The highest BCUT2D eigenvalue weighted by Crippen LogP contribution is 2.31. The molecule has 4 aromatic rings. The minimum absolute atomic E-state index is 0.0896. The number of hydrogen-bond acceptors (Lipinski definition) is 7. The van der Waals surface area contributed by atoms with Crippen molar-refractivity contribution in [2.75, 3.05) is 19.5 Å². The Morgan fingerprint density at radius 3 is 2.70 bits per heavy atom. The monoisotopic (exact) mass is 424 g/mol. The summed E-state index contributed by atoms with van der Waals surface area (Å²) in [5.41, 5.74) is 1.10. The first-order chi connectivity index (χ1) is 14.5. The number of benzene rings is 2. The summed E-state index contributed by atoms with van der Waals surface area (Å²) in [7, 11) is 3.10. The van der Waals surface area contributed by atoms with Gasteiger partial charge in [0, 0.05) is 11.6 Å². The van der Waals surface area contributed by atoms with Crippen molar-refractivity contribution < 1.29 is 14.3 Å². The normalized spacial score (nSPS) is 10.7. The van der Waals surface area contributed by atoms with Crippen LogP contribution in [-0.2, 0) is 0 Å². The summed E-state index contributed by atoms with van der Waals surface area (Å²) in [5.74, 6) is 1.24. The summed E-state index contributed by atoms with van der Waals surface area (Å²) in [6.45, 7) is 0. The number of hydrogen-bond donors (Lipinski definition) is 4. The van der Waals surface area contributed by atoms with Crippen molar-refractivity contribution in [1.82, 2.24) is 25.1 Å². The van der Waals surface area contributed by atoms with Gasteiger partial charge in [0.2, 0.25) is 5.95 Å². The number of H-pyrrole nitrogens is 3. The van der Waals surface area contributed by atoms with Crippen LogP contribution in [0.25, 0.3) is 22.3 Å². The Bertz CT molecular complexity index is 1370. The maximum atomic E-state index is 12.6. The molecule has 0 fully saturated rings. The molecule has 1 amide bonds. The van der Waals surface area contributed by atoms with Crippen molar-refractivity contribution in [2.45, 2.75) is 0 Å². The van der Waals surface area contributed by atoms with Gasteiger partial charge in [-0.3, -0.25) is 25.0 Å². The van der Waals surface area contributed by atoms with Crippen molar-refractivity contribution in [2.24, 2.45) is 0 Å². The first-order valence-corrected chi connectivity index (χ1v) is 9.12. The molecule has 4 N–H and O–H groups in total. The maximum Gasteiger partial charge on any atom is 0.259 e. The highest BCUT2D eigenvalue weighted by Gasteiger charge is 2.15. The molecule has 0 aliphatic carbocycles. The van der Waals surface area contributed by atoms with Gasteiger partial charge in [-0.05, 0) is 42.5 Å². The van der Waals surface area contributed by atoms with Gasteiger partial charge in [-0.1, -0.05) is 0 Å².